The van der Waals surface area contributed by atoms with E-state index in [-0.39, 0.29) is 0 Å². The van der Waals surface area contributed by atoms with Crippen LogP contribution in [-0.4, -0.2) is 17.1 Å². The first-order chi connectivity index (χ1) is 7.31. The Balaban J connectivity index is 2.52. The first kappa shape index (κ1) is 9.93. The van der Waals surface area contributed by atoms with Crippen LogP contribution in [0.15, 0.2) is 36.7 Å². The van der Waals surface area contributed by atoms with Gasteiger partial charge in [-0.05, 0) is 24.3 Å². The van der Waals surface area contributed by atoms with E-state index in [1.165, 1.54) is 0 Å². The van der Waals surface area contributed by atoms with Crippen molar-refractivity contribution in [1.82, 2.24) is 9.97 Å². The van der Waals surface area contributed by atoms with Crippen LogP contribution in [0.25, 0.3) is 11.4 Å². The summed E-state index contributed by atoms with van der Waals surface area (Å²) >= 11 is 6.05. The van der Waals surface area contributed by atoms with Crippen LogP contribution in [0.3, 0.4) is 0 Å². The van der Waals surface area contributed by atoms with E-state index >= 15 is 0 Å². The summed E-state index contributed by atoms with van der Waals surface area (Å²) < 4.78 is 5.12. The van der Waals surface area contributed by atoms with Gasteiger partial charge in [-0.15, -0.1) is 0 Å². The van der Waals surface area contributed by atoms with Gasteiger partial charge >= 0.3 is 0 Å². The van der Waals surface area contributed by atoms with E-state index in [9.17, 15) is 0 Å². The monoisotopic (exact) mass is 220 g/mol. The maximum atomic E-state index is 6.05. The summed E-state index contributed by atoms with van der Waals surface area (Å²) in [4.78, 5) is 8.27. The lowest BCUT2D eigenvalue weighted by molar-refractivity contribution is 0.415. The molecule has 0 fully saturated rings. The predicted molar refractivity (Wildman–Crippen MR) is 59.0 cm³/mol. The topological polar surface area (TPSA) is 35.0 Å². The van der Waals surface area contributed by atoms with E-state index in [0.29, 0.717) is 10.8 Å². The number of nitrogens with zero attached hydrogens (tertiary/aromatic N) is 2. The summed E-state index contributed by atoms with van der Waals surface area (Å²) in [6.07, 6.45) is 3.36. The zero-order valence-corrected chi connectivity index (χ0v) is 8.90. The molecule has 0 saturated heterocycles. The molecule has 0 N–H and O–H groups in total. The normalized spacial score (nSPS) is 10.0. The number of rotatable bonds is 2. The Hall–Kier alpha value is -1.61. The molecule has 1 aromatic carbocycles. The van der Waals surface area contributed by atoms with Crippen molar-refractivity contribution >= 4 is 11.6 Å². The molecule has 15 heavy (non-hydrogen) atoms. The van der Waals surface area contributed by atoms with Crippen molar-refractivity contribution in [3.05, 3.63) is 41.7 Å². The van der Waals surface area contributed by atoms with Gasteiger partial charge in [0.1, 0.15) is 5.75 Å². The van der Waals surface area contributed by atoms with Crippen molar-refractivity contribution < 1.29 is 4.74 Å². The molecule has 0 radical (unpaired) electrons. The Labute approximate surface area is 92.7 Å². The highest BCUT2D eigenvalue weighted by Gasteiger charge is 2.06. The lowest BCUT2D eigenvalue weighted by Crippen LogP contribution is -1.89. The fourth-order valence-corrected chi connectivity index (χ4v) is 1.44. The molecule has 0 aliphatic rings. The van der Waals surface area contributed by atoms with Crippen LogP contribution in [0.4, 0.5) is 0 Å². The highest BCUT2D eigenvalue weighted by molar-refractivity contribution is 6.33. The van der Waals surface area contributed by atoms with Gasteiger partial charge in [0, 0.05) is 18.0 Å². The lowest BCUT2D eigenvalue weighted by atomic mass is 10.2. The fraction of sp³-hybridized carbons (Fsp3) is 0.0909. The molecule has 4 heteroatoms. The van der Waals surface area contributed by atoms with Crippen molar-refractivity contribution in [2.24, 2.45) is 0 Å². The molecule has 1 aromatic heterocycles. The minimum absolute atomic E-state index is 0.599. The Morgan fingerprint density at radius 3 is 2.60 bits per heavy atom. The summed E-state index contributed by atoms with van der Waals surface area (Å²) in [5.41, 5.74) is 0.775. The molecule has 3 nitrogen and oxygen atoms in total. The average Bonchev–Trinajstić information content (AvgIpc) is 2.31. The van der Waals surface area contributed by atoms with E-state index in [1.807, 2.05) is 6.07 Å². The molecule has 0 aliphatic heterocycles. The smallest absolute Gasteiger partial charge is 0.160 e. The second-order valence-corrected chi connectivity index (χ2v) is 3.33. The molecule has 0 spiro atoms. The maximum Gasteiger partial charge on any atom is 0.160 e. The highest BCUT2D eigenvalue weighted by Crippen LogP contribution is 2.28. The van der Waals surface area contributed by atoms with Crippen molar-refractivity contribution in [2.45, 2.75) is 0 Å². The van der Waals surface area contributed by atoms with Gasteiger partial charge in [-0.2, -0.15) is 0 Å². The molecule has 2 aromatic rings. The third-order valence-electron chi connectivity index (χ3n) is 1.98. The summed E-state index contributed by atoms with van der Waals surface area (Å²) in [5.74, 6) is 1.34. The number of aromatic nitrogens is 2. The van der Waals surface area contributed by atoms with E-state index < -0.39 is 0 Å². The van der Waals surface area contributed by atoms with Crippen LogP contribution in [0.2, 0.25) is 5.02 Å². The first-order valence-corrected chi connectivity index (χ1v) is 4.80. The fourth-order valence-electron chi connectivity index (χ4n) is 1.24. The molecule has 0 aliphatic carbocycles. The molecule has 2 rings (SSSR count). The molecule has 0 atom stereocenters. The SMILES string of the molecule is COc1ccc(Cl)c(-c2ncccn2)c1. The number of hydrogen-bond acceptors (Lipinski definition) is 3. The Morgan fingerprint density at radius 2 is 1.93 bits per heavy atom. The van der Waals surface area contributed by atoms with Crippen LogP contribution >= 0.6 is 11.6 Å². The minimum Gasteiger partial charge on any atom is -0.497 e. The molecule has 0 amide bonds. The lowest BCUT2D eigenvalue weighted by Gasteiger charge is -2.05. The second kappa shape index (κ2) is 4.28. The molecule has 76 valence electrons. The van der Waals surface area contributed by atoms with Crippen LogP contribution < -0.4 is 4.74 Å². The van der Waals surface area contributed by atoms with Gasteiger partial charge in [-0.3, -0.25) is 0 Å². The van der Waals surface area contributed by atoms with E-state index in [2.05, 4.69) is 9.97 Å². The number of ether oxygens (including phenoxy) is 1. The van der Waals surface area contributed by atoms with Crippen molar-refractivity contribution in [3.8, 4) is 17.1 Å². The van der Waals surface area contributed by atoms with Crippen LogP contribution in [0.5, 0.6) is 5.75 Å². The molecule has 0 saturated carbocycles. The van der Waals surface area contributed by atoms with Crippen LogP contribution in [0.1, 0.15) is 0 Å². The third-order valence-corrected chi connectivity index (χ3v) is 2.31. The molecular weight excluding hydrogens is 212 g/mol. The van der Waals surface area contributed by atoms with Gasteiger partial charge in [0.2, 0.25) is 0 Å². The van der Waals surface area contributed by atoms with Crippen LogP contribution in [-0.2, 0) is 0 Å². The van der Waals surface area contributed by atoms with E-state index in [0.717, 1.165) is 11.3 Å². The zero-order valence-electron chi connectivity index (χ0n) is 8.14. The van der Waals surface area contributed by atoms with Gasteiger partial charge in [-0.25, -0.2) is 9.97 Å². The summed E-state index contributed by atoms with van der Waals surface area (Å²) in [6, 6.07) is 7.15. The maximum absolute atomic E-state index is 6.05. The van der Waals surface area contributed by atoms with E-state index in [4.69, 9.17) is 16.3 Å². The van der Waals surface area contributed by atoms with Gasteiger partial charge < -0.3 is 4.74 Å². The number of benzene rings is 1. The Kier molecular flexibility index (Phi) is 2.83. The standard InChI is InChI=1S/C11H9ClN2O/c1-15-8-3-4-10(12)9(7-8)11-13-5-2-6-14-11/h2-7H,1H3. The van der Waals surface area contributed by atoms with Crippen molar-refractivity contribution in [2.75, 3.05) is 7.11 Å². The number of methoxy groups -OCH3 is 1. The molecule has 0 unspecified atom stereocenters. The van der Waals surface area contributed by atoms with Gasteiger partial charge in [-0.1, -0.05) is 11.6 Å². The highest BCUT2D eigenvalue weighted by atomic mass is 35.5. The zero-order chi connectivity index (χ0) is 10.7. The molecule has 1 heterocycles. The summed E-state index contributed by atoms with van der Waals surface area (Å²) in [6.45, 7) is 0. The van der Waals surface area contributed by atoms with Gasteiger partial charge in [0.25, 0.3) is 0 Å². The number of halogens is 1. The third kappa shape index (κ3) is 2.07. The molecule has 0 bridgehead atoms. The summed E-state index contributed by atoms with van der Waals surface area (Å²) in [7, 11) is 1.61. The Morgan fingerprint density at radius 1 is 1.20 bits per heavy atom. The largest absolute Gasteiger partial charge is 0.497 e. The van der Waals surface area contributed by atoms with Gasteiger partial charge in [0.05, 0.1) is 12.1 Å². The Bertz CT molecular complexity index is 459. The van der Waals surface area contributed by atoms with Gasteiger partial charge in [0.15, 0.2) is 5.82 Å². The van der Waals surface area contributed by atoms with Crippen LogP contribution in [0, 0.1) is 0 Å². The average molecular weight is 221 g/mol. The number of hydrogen-bond donors (Lipinski definition) is 0. The minimum atomic E-state index is 0.599. The quantitative estimate of drug-likeness (QED) is 0.781. The second-order valence-electron chi connectivity index (χ2n) is 2.92. The summed E-state index contributed by atoms with van der Waals surface area (Å²) in [5, 5.41) is 0.613. The van der Waals surface area contributed by atoms with Crippen molar-refractivity contribution in [3.63, 3.8) is 0 Å². The predicted octanol–water partition coefficient (Wildman–Crippen LogP) is 2.81. The molecular formula is C11H9ClN2O. The first-order valence-electron chi connectivity index (χ1n) is 4.42. The van der Waals surface area contributed by atoms with Crippen molar-refractivity contribution in [1.29, 1.82) is 0 Å². The van der Waals surface area contributed by atoms with E-state index in [1.54, 1.807) is 37.7 Å².